The monoisotopic (exact) mass is 253 g/mol. The molecule has 2 rings (SSSR count). The van der Waals surface area contributed by atoms with Gasteiger partial charge in [0.25, 0.3) is 0 Å². The quantitative estimate of drug-likeness (QED) is 0.850. The van der Waals surface area contributed by atoms with Crippen LogP contribution in [-0.2, 0) is 4.79 Å². The first-order valence-corrected chi connectivity index (χ1v) is 5.57. The van der Waals surface area contributed by atoms with Crippen molar-refractivity contribution in [1.29, 1.82) is 5.26 Å². The predicted octanol–water partition coefficient (Wildman–Crippen LogP) is 2.15. The molecule has 1 N–H and O–H groups in total. The Hall–Kier alpha value is -2.87. The highest BCUT2D eigenvalue weighted by molar-refractivity contribution is 5.85. The lowest BCUT2D eigenvalue weighted by atomic mass is 10.1. The first-order valence-electron chi connectivity index (χ1n) is 5.57. The normalized spacial score (nSPS) is 10.5. The van der Waals surface area contributed by atoms with Crippen LogP contribution in [0.2, 0.25) is 0 Å². The van der Waals surface area contributed by atoms with Gasteiger partial charge in [-0.1, -0.05) is 6.07 Å². The molecule has 94 valence electrons. The van der Waals surface area contributed by atoms with Crippen molar-refractivity contribution in [2.75, 3.05) is 0 Å². The fraction of sp³-hybridized carbons (Fsp3) is 0.0714. The minimum absolute atomic E-state index is 0.440. The summed E-state index contributed by atoms with van der Waals surface area (Å²) in [6.45, 7) is 1.92. The van der Waals surface area contributed by atoms with Gasteiger partial charge in [-0.15, -0.1) is 0 Å². The predicted molar refractivity (Wildman–Crippen MR) is 69.7 cm³/mol. The van der Waals surface area contributed by atoms with E-state index in [2.05, 4.69) is 11.2 Å². The standard InChI is InChI=1S/C14H11N3O2/c1-10-8-16-17(9-10)13-4-2-11(3-5-14(18)19)6-12(13)7-15/h2-6,8-9H,1H3,(H,18,19)/b5-3+. The van der Waals surface area contributed by atoms with Crippen LogP contribution in [0.4, 0.5) is 0 Å². The number of hydrogen-bond acceptors (Lipinski definition) is 3. The molecular weight excluding hydrogens is 242 g/mol. The summed E-state index contributed by atoms with van der Waals surface area (Å²) < 4.78 is 1.62. The van der Waals surface area contributed by atoms with Crippen LogP contribution in [0.25, 0.3) is 11.8 Å². The molecule has 1 aromatic carbocycles. The van der Waals surface area contributed by atoms with Crippen molar-refractivity contribution in [3.05, 3.63) is 53.4 Å². The molecule has 5 heteroatoms. The highest BCUT2D eigenvalue weighted by Gasteiger charge is 2.06. The van der Waals surface area contributed by atoms with E-state index < -0.39 is 5.97 Å². The van der Waals surface area contributed by atoms with Crippen LogP contribution >= 0.6 is 0 Å². The van der Waals surface area contributed by atoms with Crippen LogP contribution in [0.3, 0.4) is 0 Å². The number of aliphatic carboxylic acids is 1. The highest BCUT2D eigenvalue weighted by Crippen LogP contribution is 2.17. The van der Waals surface area contributed by atoms with Gasteiger partial charge in [0.05, 0.1) is 17.4 Å². The fourth-order valence-corrected chi connectivity index (χ4v) is 1.66. The van der Waals surface area contributed by atoms with Crippen LogP contribution in [-0.4, -0.2) is 20.9 Å². The number of aryl methyl sites for hydroxylation is 1. The van der Waals surface area contributed by atoms with E-state index in [9.17, 15) is 4.79 Å². The second-order valence-corrected chi connectivity index (χ2v) is 4.02. The third kappa shape index (κ3) is 2.87. The van der Waals surface area contributed by atoms with E-state index in [1.54, 1.807) is 29.1 Å². The van der Waals surface area contributed by atoms with Crippen LogP contribution in [0.15, 0.2) is 36.7 Å². The Kier molecular flexibility index (Phi) is 3.44. The Balaban J connectivity index is 2.43. The van der Waals surface area contributed by atoms with Gasteiger partial charge in [-0.05, 0) is 36.3 Å². The molecule has 0 spiro atoms. The second kappa shape index (κ2) is 5.19. The van der Waals surface area contributed by atoms with E-state index in [1.807, 2.05) is 13.1 Å². The molecule has 19 heavy (non-hydrogen) atoms. The third-order valence-corrected chi connectivity index (χ3v) is 2.52. The number of rotatable bonds is 3. The van der Waals surface area contributed by atoms with Crippen molar-refractivity contribution in [2.24, 2.45) is 0 Å². The second-order valence-electron chi connectivity index (χ2n) is 4.02. The lowest BCUT2D eigenvalue weighted by Gasteiger charge is -2.04. The molecule has 0 bridgehead atoms. The molecule has 2 aromatic rings. The molecule has 5 nitrogen and oxygen atoms in total. The topological polar surface area (TPSA) is 78.9 Å². The number of nitriles is 1. The van der Waals surface area contributed by atoms with Gasteiger partial charge < -0.3 is 5.11 Å². The van der Waals surface area contributed by atoms with Gasteiger partial charge in [-0.2, -0.15) is 10.4 Å². The summed E-state index contributed by atoms with van der Waals surface area (Å²) in [4.78, 5) is 10.5. The Labute approximate surface area is 110 Å². The fourth-order valence-electron chi connectivity index (χ4n) is 1.66. The summed E-state index contributed by atoms with van der Waals surface area (Å²) in [6, 6.07) is 7.21. The SMILES string of the molecule is Cc1cnn(-c2ccc(/C=C/C(=O)O)cc2C#N)c1. The molecule has 0 saturated heterocycles. The van der Waals surface area contributed by atoms with E-state index in [0.717, 1.165) is 11.6 Å². The van der Waals surface area contributed by atoms with Crippen molar-refractivity contribution in [3.8, 4) is 11.8 Å². The Morgan fingerprint density at radius 1 is 1.53 bits per heavy atom. The van der Waals surface area contributed by atoms with Gasteiger partial charge in [0.1, 0.15) is 6.07 Å². The van der Waals surface area contributed by atoms with Gasteiger partial charge in [0.15, 0.2) is 0 Å². The summed E-state index contributed by atoms with van der Waals surface area (Å²) in [5.74, 6) is -1.02. The summed E-state index contributed by atoms with van der Waals surface area (Å²) in [6.07, 6.45) is 6.01. The molecule has 0 radical (unpaired) electrons. The minimum Gasteiger partial charge on any atom is -0.478 e. The Bertz CT molecular complexity index is 693. The third-order valence-electron chi connectivity index (χ3n) is 2.52. The maximum atomic E-state index is 10.5. The van der Waals surface area contributed by atoms with Crippen molar-refractivity contribution >= 4 is 12.0 Å². The Morgan fingerprint density at radius 2 is 2.32 bits per heavy atom. The Morgan fingerprint density at radius 3 is 2.89 bits per heavy atom. The number of hydrogen-bond donors (Lipinski definition) is 1. The van der Waals surface area contributed by atoms with Gasteiger partial charge in [-0.25, -0.2) is 9.48 Å². The molecule has 0 aliphatic rings. The zero-order chi connectivity index (χ0) is 13.8. The van der Waals surface area contributed by atoms with E-state index in [-0.39, 0.29) is 0 Å². The van der Waals surface area contributed by atoms with Crippen molar-refractivity contribution < 1.29 is 9.90 Å². The van der Waals surface area contributed by atoms with E-state index >= 15 is 0 Å². The van der Waals surface area contributed by atoms with Crippen LogP contribution < -0.4 is 0 Å². The zero-order valence-corrected chi connectivity index (χ0v) is 10.2. The largest absolute Gasteiger partial charge is 0.478 e. The number of benzene rings is 1. The highest BCUT2D eigenvalue weighted by atomic mass is 16.4. The lowest BCUT2D eigenvalue weighted by molar-refractivity contribution is -0.131. The molecular formula is C14H11N3O2. The van der Waals surface area contributed by atoms with Crippen molar-refractivity contribution in [2.45, 2.75) is 6.92 Å². The van der Waals surface area contributed by atoms with Crippen LogP contribution in [0, 0.1) is 18.3 Å². The van der Waals surface area contributed by atoms with Crippen molar-refractivity contribution in [3.63, 3.8) is 0 Å². The van der Waals surface area contributed by atoms with E-state index in [1.165, 1.54) is 6.08 Å². The zero-order valence-electron chi connectivity index (χ0n) is 10.2. The minimum atomic E-state index is -1.02. The molecule has 0 saturated carbocycles. The molecule has 0 atom stereocenters. The van der Waals surface area contributed by atoms with E-state index in [4.69, 9.17) is 10.4 Å². The summed E-state index contributed by atoms with van der Waals surface area (Å²) in [5, 5.41) is 21.9. The summed E-state index contributed by atoms with van der Waals surface area (Å²) in [7, 11) is 0. The summed E-state index contributed by atoms with van der Waals surface area (Å²) in [5.41, 5.74) is 2.77. The smallest absolute Gasteiger partial charge is 0.328 e. The average Bonchev–Trinajstić information content (AvgIpc) is 2.82. The van der Waals surface area contributed by atoms with Gasteiger partial charge in [-0.3, -0.25) is 0 Å². The van der Waals surface area contributed by atoms with Gasteiger partial charge in [0.2, 0.25) is 0 Å². The lowest BCUT2D eigenvalue weighted by Crippen LogP contribution is -1.98. The molecule has 1 heterocycles. The van der Waals surface area contributed by atoms with Gasteiger partial charge >= 0.3 is 5.97 Å². The number of nitrogens with zero attached hydrogens (tertiary/aromatic N) is 3. The summed E-state index contributed by atoms with van der Waals surface area (Å²) >= 11 is 0. The maximum absolute atomic E-state index is 10.5. The number of carbonyl (C=O) groups is 1. The number of carboxylic acids is 1. The molecule has 0 aliphatic heterocycles. The van der Waals surface area contributed by atoms with Crippen LogP contribution in [0.1, 0.15) is 16.7 Å². The molecule has 0 unspecified atom stereocenters. The van der Waals surface area contributed by atoms with Gasteiger partial charge in [0, 0.05) is 12.3 Å². The molecule has 0 amide bonds. The van der Waals surface area contributed by atoms with E-state index in [0.29, 0.717) is 16.8 Å². The first kappa shape index (κ1) is 12.6. The molecule has 0 fully saturated rings. The average molecular weight is 253 g/mol. The number of carboxylic acid groups (broad SMARTS) is 1. The maximum Gasteiger partial charge on any atom is 0.328 e. The first-order chi connectivity index (χ1) is 9.10. The molecule has 0 aliphatic carbocycles. The van der Waals surface area contributed by atoms with Crippen molar-refractivity contribution in [1.82, 2.24) is 9.78 Å². The number of aromatic nitrogens is 2. The molecule has 1 aromatic heterocycles. The van der Waals surface area contributed by atoms with Crippen LogP contribution in [0.5, 0.6) is 0 Å².